The van der Waals surface area contributed by atoms with Crippen LogP contribution in [0.1, 0.15) is 32.8 Å². The molecule has 23 heavy (non-hydrogen) atoms. The summed E-state index contributed by atoms with van der Waals surface area (Å²) in [6.07, 6.45) is 1.12. The molecule has 0 amide bonds. The van der Waals surface area contributed by atoms with E-state index in [2.05, 4.69) is 30.6 Å². The van der Waals surface area contributed by atoms with Crippen LogP contribution in [0.4, 0.5) is 5.69 Å². The molecule has 1 saturated heterocycles. The summed E-state index contributed by atoms with van der Waals surface area (Å²) in [4.78, 5) is 15.6. The summed E-state index contributed by atoms with van der Waals surface area (Å²) >= 11 is 0. The van der Waals surface area contributed by atoms with Crippen molar-refractivity contribution in [2.75, 3.05) is 33.3 Å². The van der Waals surface area contributed by atoms with Gasteiger partial charge in [-0.2, -0.15) is 0 Å². The van der Waals surface area contributed by atoms with E-state index in [1.54, 1.807) is 12.1 Å². The molecule has 0 aliphatic carbocycles. The maximum absolute atomic E-state index is 11.1. The highest BCUT2D eigenvalue weighted by Gasteiger charge is 2.24. The van der Waals surface area contributed by atoms with Gasteiger partial charge in [0.15, 0.2) is 5.75 Å². The fourth-order valence-electron chi connectivity index (χ4n) is 3.03. The Morgan fingerprint density at radius 2 is 1.96 bits per heavy atom. The second-order valence-corrected chi connectivity index (χ2v) is 7.05. The van der Waals surface area contributed by atoms with Crippen molar-refractivity contribution in [3.63, 3.8) is 0 Å². The van der Waals surface area contributed by atoms with Crippen molar-refractivity contribution in [3.8, 4) is 5.75 Å². The Bertz CT molecular complexity index is 555. The van der Waals surface area contributed by atoms with Gasteiger partial charge >= 0.3 is 5.69 Å². The van der Waals surface area contributed by atoms with Crippen LogP contribution in [0.15, 0.2) is 18.2 Å². The molecule has 6 heteroatoms. The maximum Gasteiger partial charge on any atom is 0.311 e. The smallest absolute Gasteiger partial charge is 0.311 e. The molecular weight excluding hydrogens is 294 g/mol. The van der Waals surface area contributed by atoms with E-state index in [0.717, 1.165) is 44.7 Å². The molecule has 0 N–H and O–H groups in total. The Kier molecular flexibility index (Phi) is 5.59. The van der Waals surface area contributed by atoms with Gasteiger partial charge in [0, 0.05) is 31.2 Å². The molecule has 6 nitrogen and oxygen atoms in total. The number of hydrogen-bond donors (Lipinski definition) is 0. The van der Waals surface area contributed by atoms with Crippen LogP contribution in [0, 0.1) is 10.1 Å². The predicted octanol–water partition coefficient (Wildman–Crippen LogP) is 2.91. The van der Waals surface area contributed by atoms with Crippen molar-refractivity contribution in [1.29, 1.82) is 0 Å². The molecule has 1 aliphatic rings. The van der Waals surface area contributed by atoms with E-state index < -0.39 is 0 Å². The van der Waals surface area contributed by atoms with Crippen molar-refractivity contribution in [2.24, 2.45) is 0 Å². The van der Waals surface area contributed by atoms with Gasteiger partial charge in [0.05, 0.1) is 12.0 Å². The molecule has 2 rings (SSSR count). The third kappa shape index (κ3) is 4.65. The Morgan fingerprint density at radius 1 is 1.22 bits per heavy atom. The lowest BCUT2D eigenvalue weighted by molar-refractivity contribution is -0.385. The molecule has 1 aromatic rings. The van der Waals surface area contributed by atoms with Crippen molar-refractivity contribution >= 4 is 5.69 Å². The van der Waals surface area contributed by atoms with Crippen LogP contribution >= 0.6 is 0 Å². The van der Waals surface area contributed by atoms with Gasteiger partial charge in [0.1, 0.15) is 0 Å². The highest BCUT2D eigenvalue weighted by atomic mass is 16.6. The van der Waals surface area contributed by atoms with Crippen molar-refractivity contribution in [3.05, 3.63) is 33.9 Å². The van der Waals surface area contributed by atoms with Crippen LogP contribution in [0.25, 0.3) is 0 Å². The van der Waals surface area contributed by atoms with Crippen LogP contribution < -0.4 is 4.74 Å². The zero-order valence-electron chi connectivity index (χ0n) is 14.5. The predicted molar refractivity (Wildman–Crippen MR) is 90.9 cm³/mol. The Labute approximate surface area is 138 Å². The van der Waals surface area contributed by atoms with Crippen molar-refractivity contribution < 1.29 is 9.66 Å². The van der Waals surface area contributed by atoms with E-state index in [-0.39, 0.29) is 16.1 Å². The van der Waals surface area contributed by atoms with Gasteiger partial charge < -0.3 is 4.74 Å². The van der Waals surface area contributed by atoms with E-state index in [9.17, 15) is 10.1 Å². The first-order chi connectivity index (χ1) is 10.8. The van der Waals surface area contributed by atoms with Gasteiger partial charge in [-0.05, 0) is 51.9 Å². The zero-order valence-corrected chi connectivity index (χ0v) is 14.5. The number of rotatable bonds is 4. The van der Waals surface area contributed by atoms with Crippen LogP contribution in [-0.4, -0.2) is 53.6 Å². The van der Waals surface area contributed by atoms with Crippen molar-refractivity contribution in [2.45, 2.75) is 39.3 Å². The highest BCUT2D eigenvalue weighted by molar-refractivity contribution is 5.48. The van der Waals surface area contributed by atoms with E-state index in [0.29, 0.717) is 5.75 Å². The first kappa shape index (κ1) is 17.7. The number of hydrogen-bond acceptors (Lipinski definition) is 5. The van der Waals surface area contributed by atoms with Gasteiger partial charge in [0.2, 0.25) is 0 Å². The molecule has 0 spiro atoms. The standard InChI is InChI=1S/C17H27N3O3/c1-17(2,3)19-9-5-8-18(10-11-19)13-14-6-7-16(23-4)15(12-14)20(21)22/h6-7,12H,5,8-11,13H2,1-4H3. The number of benzene rings is 1. The highest BCUT2D eigenvalue weighted by Crippen LogP contribution is 2.28. The summed E-state index contributed by atoms with van der Waals surface area (Å²) < 4.78 is 5.06. The third-order valence-corrected chi connectivity index (χ3v) is 4.38. The first-order valence-electron chi connectivity index (χ1n) is 8.10. The number of methoxy groups -OCH3 is 1. The van der Waals surface area contributed by atoms with E-state index in [1.165, 1.54) is 7.11 Å². The molecule has 128 valence electrons. The average molecular weight is 321 g/mol. The minimum Gasteiger partial charge on any atom is -0.490 e. The van der Waals surface area contributed by atoms with Gasteiger partial charge in [-0.3, -0.25) is 19.9 Å². The van der Waals surface area contributed by atoms with Crippen molar-refractivity contribution in [1.82, 2.24) is 9.80 Å². The molecule has 1 aliphatic heterocycles. The van der Waals surface area contributed by atoms with Gasteiger partial charge in [-0.15, -0.1) is 0 Å². The van der Waals surface area contributed by atoms with Gasteiger partial charge in [0.25, 0.3) is 0 Å². The summed E-state index contributed by atoms with van der Waals surface area (Å²) in [6, 6.07) is 5.23. The molecule has 1 fully saturated rings. The van der Waals surface area contributed by atoms with Crippen LogP contribution in [0.5, 0.6) is 5.75 Å². The lowest BCUT2D eigenvalue weighted by Gasteiger charge is -2.34. The molecule has 0 aromatic heterocycles. The second-order valence-electron chi connectivity index (χ2n) is 7.05. The van der Waals surface area contributed by atoms with Crippen LogP contribution in [-0.2, 0) is 6.54 Å². The molecule has 0 unspecified atom stereocenters. The minimum absolute atomic E-state index is 0.0381. The fourth-order valence-corrected chi connectivity index (χ4v) is 3.03. The Balaban J connectivity index is 2.05. The number of nitrogens with zero attached hydrogens (tertiary/aromatic N) is 3. The Morgan fingerprint density at radius 3 is 2.57 bits per heavy atom. The summed E-state index contributed by atoms with van der Waals surface area (Å²) in [5, 5.41) is 11.1. The Hall–Kier alpha value is -1.66. The second kappa shape index (κ2) is 7.27. The average Bonchev–Trinajstić information content (AvgIpc) is 2.72. The van der Waals surface area contributed by atoms with E-state index >= 15 is 0 Å². The molecule has 0 radical (unpaired) electrons. The normalized spacial score (nSPS) is 17.7. The molecule has 0 saturated carbocycles. The molecule has 1 aromatic carbocycles. The van der Waals surface area contributed by atoms with E-state index in [1.807, 2.05) is 6.07 Å². The quantitative estimate of drug-likeness (QED) is 0.630. The lowest BCUT2D eigenvalue weighted by Crippen LogP contribution is -2.43. The number of nitro benzene ring substituents is 1. The molecule has 0 bridgehead atoms. The molecular formula is C17H27N3O3. The SMILES string of the molecule is COc1ccc(CN2CCCN(C(C)(C)C)CC2)cc1[N+](=O)[O-]. The largest absolute Gasteiger partial charge is 0.490 e. The van der Waals surface area contributed by atoms with Gasteiger partial charge in [-0.1, -0.05) is 6.07 Å². The van der Waals surface area contributed by atoms with Crippen LogP contribution in [0.3, 0.4) is 0 Å². The van der Waals surface area contributed by atoms with Crippen LogP contribution in [0.2, 0.25) is 0 Å². The molecule has 0 atom stereocenters. The summed E-state index contributed by atoms with van der Waals surface area (Å²) in [6.45, 7) is 11.6. The maximum atomic E-state index is 11.1. The first-order valence-corrected chi connectivity index (χ1v) is 8.10. The monoisotopic (exact) mass is 321 g/mol. The van der Waals surface area contributed by atoms with E-state index in [4.69, 9.17) is 4.74 Å². The fraction of sp³-hybridized carbons (Fsp3) is 0.647. The summed E-state index contributed by atoms with van der Waals surface area (Å²) in [7, 11) is 1.46. The summed E-state index contributed by atoms with van der Waals surface area (Å²) in [5.74, 6) is 0.313. The minimum atomic E-state index is -0.383. The zero-order chi connectivity index (χ0) is 17.0. The van der Waals surface area contributed by atoms with Gasteiger partial charge in [-0.25, -0.2) is 0 Å². The summed E-state index contributed by atoms with van der Waals surface area (Å²) in [5.41, 5.74) is 1.19. The number of ether oxygens (including phenoxy) is 1. The molecule has 1 heterocycles. The number of nitro groups is 1. The lowest BCUT2D eigenvalue weighted by atomic mass is 10.1. The topological polar surface area (TPSA) is 58.8 Å². The third-order valence-electron chi connectivity index (χ3n) is 4.38.